The van der Waals surface area contributed by atoms with Gasteiger partial charge in [-0.3, -0.25) is 4.90 Å². The van der Waals surface area contributed by atoms with Gasteiger partial charge >= 0.3 is 0 Å². The van der Waals surface area contributed by atoms with Crippen LogP contribution in [0, 0.1) is 5.92 Å². The molecule has 0 spiro atoms. The molecule has 1 heterocycles. The molecule has 3 unspecified atom stereocenters. The molecule has 0 amide bonds. The average molecular weight is 314 g/mol. The Morgan fingerprint density at radius 1 is 1.14 bits per heavy atom. The molecule has 0 aromatic heterocycles. The molecular formula is C19H20ClNO. The Morgan fingerprint density at radius 3 is 2.82 bits per heavy atom. The number of benzene rings is 2. The van der Waals surface area contributed by atoms with Gasteiger partial charge in [0.2, 0.25) is 0 Å². The molecule has 114 valence electrons. The third-order valence-corrected chi connectivity index (χ3v) is 5.52. The van der Waals surface area contributed by atoms with Crippen LogP contribution in [0.15, 0.2) is 42.5 Å². The Labute approximate surface area is 136 Å². The summed E-state index contributed by atoms with van der Waals surface area (Å²) in [6.45, 7) is 1.14. The second-order valence-corrected chi connectivity index (χ2v) is 7.01. The molecule has 1 fully saturated rings. The number of phenolic OH excluding ortho intramolecular Hbond substituents is 1. The fourth-order valence-corrected chi connectivity index (χ4v) is 4.66. The lowest BCUT2D eigenvalue weighted by Crippen LogP contribution is -2.34. The van der Waals surface area contributed by atoms with E-state index in [1.165, 1.54) is 29.5 Å². The summed E-state index contributed by atoms with van der Waals surface area (Å²) in [7, 11) is 2.21. The van der Waals surface area contributed by atoms with Gasteiger partial charge in [-0.15, -0.1) is 0 Å². The van der Waals surface area contributed by atoms with Gasteiger partial charge in [0, 0.05) is 17.0 Å². The number of hydrogen-bond acceptors (Lipinski definition) is 2. The van der Waals surface area contributed by atoms with Gasteiger partial charge in [-0.1, -0.05) is 29.8 Å². The maximum absolute atomic E-state index is 9.88. The topological polar surface area (TPSA) is 23.5 Å². The maximum Gasteiger partial charge on any atom is 0.115 e. The molecule has 22 heavy (non-hydrogen) atoms. The summed E-state index contributed by atoms with van der Waals surface area (Å²) < 4.78 is 0. The quantitative estimate of drug-likeness (QED) is 0.833. The number of aromatic hydroxyl groups is 1. The van der Waals surface area contributed by atoms with E-state index in [0.29, 0.717) is 23.6 Å². The number of likely N-dealkylation sites (tertiary alicyclic amines) is 1. The normalized spacial score (nSPS) is 27.5. The molecule has 0 saturated carbocycles. The lowest BCUT2D eigenvalue weighted by atomic mass is 9.80. The predicted molar refractivity (Wildman–Crippen MR) is 89.5 cm³/mol. The summed E-state index contributed by atoms with van der Waals surface area (Å²) in [5.41, 5.74) is 3.96. The highest BCUT2D eigenvalue weighted by atomic mass is 35.5. The van der Waals surface area contributed by atoms with Crippen LogP contribution < -0.4 is 0 Å². The first-order chi connectivity index (χ1) is 10.6. The molecule has 1 N–H and O–H groups in total. The third-order valence-electron chi connectivity index (χ3n) is 5.29. The Bertz CT molecular complexity index is 714. The van der Waals surface area contributed by atoms with Crippen LogP contribution in [0.1, 0.15) is 41.5 Å². The fourth-order valence-electron chi connectivity index (χ4n) is 4.48. The molecule has 4 rings (SSSR count). The lowest BCUT2D eigenvalue weighted by molar-refractivity contribution is 0.127. The van der Waals surface area contributed by atoms with Gasteiger partial charge in [0.05, 0.1) is 0 Å². The number of fused-ring (bicyclic) bond motifs is 3. The minimum absolute atomic E-state index is 0.348. The van der Waals surface area contributed by atoms with E-state index in [1.807, 2.05) is 18.2 Å². The van der Waals surface area contributed by atoms with Crippen LogP contribution in [0.2, 0.25) is 5.02 Å². The van der Waals surface area contributed by atoms with E-state index in [1.54, 1.807) is 6.07 Å². The Kier molecular flexibility index (Phi) is 3.39. The molecule has 2 nitrogen and oxygen atoms in total. The second-order valence-electron chi connectivity index (χ2n) is 6.58. The van der Waals surface area contributed by atoms with Crippen molar-refractivity contribution in [3.05, 3.63) is 64.2 Å². The molecule has 0 radical (unpaired) electrons. The van der Waals surface area contributed by atoms with Crippen molar-refractivity contribution in [1.29, 1.82) is 0 Å². The average Bonchev–Trinajstić information content (AvgIpc) is 2.82. The number of nitrogens with zero attached hydrogens (tertiary/aromatic N) is 1. The van der Waals surface area contributed by atoms with Crippen LogP contribution in [-0.4, -0.2) is 23.6 Å². The SMILES string of the molecule is CN1CCCC2C(c3cccc(O)c3)c3ccc(Cl)cc3C21. The number of hydrogen-bond donors (Lipinski definition) is 1. The van der Waals surface area contributed by atoms with Crippen molar-refractivity contribution in [3.63, 3.8) is 0 Å². The van der Waals surface area contributed by atoms with Gasteiger partial charge in [0.15, 0.2) is 0 Å². The van der Waals surface area contributed by atoms with Gasteiger partial charge in [0.25, 0.3) is 0 Å². The molecule has 2 aromatic carbocycles. The van der Waals surface area contributed by atoms with E-state index in [-0.39, 0.29) is 0 Å². The van der Waals surface area contributed by atoms with Gasteiger partial charge in [-0.25, -0.2) is 0 Å². The van der Waals surface area contributed by atoms with Crippen molar-refractivity contribution < 1.29 is 5.11 Å². The highest BCUT2D eigenvalue weighted by Gasteiger charge is 2.44. The molecule has 2 aliphatic rings. The first kappa shape index (κ1) is 14.1. The zero-order chi connectivity index (χ0) is 15.3. The first-order valence-electron chi connectivity index (χ1n) is 7.93. The smallest absolute Gasteiger partial charge is 0.115 e. The van der Waals surface area contributed by atoms with E-state index >= 15 is 0 Å². The van der Waals surface area contributed by atoms with E-state index in [2.05, 4.69) is 30.1 Å². The van der Waals surface area contributed by atoms with Crippen molar-refractivity contribution in [3.8, 4) is 5.75 Å². The van der Waals surface area contributed by atoms with Crippen molar-refractivity contribution in [2.24, 2.45) is 5.92 Å². The third kappa shape index (κ3) is 2.13. The fraction of sp³-hybridized carbons (Fsp3) is 0.368. The Hall–Kier alpha value is -1.51. The summed E-state index contributed by atoms with van der Waals surface area (Å²) in [5, 5.41) is 10.7. The molecular weight excluding hydrogens is 294 g/mol. The summed E-state index contributed by atoms with van der Waals surface area (Å²) in [6, 6.07) is 14.5. The van der Waals surface area contributed by atoms with E-state index in [9.17, 15) is 5.11 Å². The Balaban J connectivity index is 1.88. The maximum atomic E-state index is 9.88. The van der Waals surface area contributed by atoms with E-state index in [4.69, 9.17) is 11.6 Å². The monoisotopic (exact) mass is 313 g/mol. The van der Waals surface area contributed by atoms with E-state index in [0.717, 1.165) is 11.6 Å². The van der Waals surface area contributed by atoms with Gasteiger partial charge in [-0.05, 0) is 73.3 Å². The minimum atomic E-state index is 0.348. The second kappa shape index (κ2) is 5.29. The standard InChI is InChI=1S/C19H20ClNO/c1-21-9-3-6-16-18(12-4-2-5-14(22)10-12)15-8-7-13(20)11-17(15)19(16)21/h2,4-5,7-8,10-11,16,18-19,22H,3,6,9H2,1H3. The minimum Gasteiger partial charge on any atom is -0.508 e. The Morgan fingerprint density at radius 2 is 2.00 bits per heavy atom. The molecule has 1 aliphatic carbocycles. The molecule has 0 bridgehead atoms. The number of halogens is 1. The molecule has 3 atom stereocenters. The summed E-state index contributed by atoms with van der Waals surface area (Å²) in [4.78, 5) is 2.46. The molecule has 1 saturated heterocycles. The van der Waals surface area contributed by atoms with Crippen molar-refractivity contribution in [2.45, 2.75) is 24.8 Å². The van der Waals surface area contributed by atoms with Crippen LogP contribution in [0.3, 0.4) is 0 Å². The number of phenols is 1. The van der Waals surface area contributed by atoms with Gasteiger partial charge in [-0.2, -0.15) is 0 Å². The molecule has 3 heteroatoms. The first-order valence-corrected chi connectivity index (χ1v) is 8.31. The van der Waals surface area contributed by atoms with Crippen molar-refractivity contribution >= 4 is 11.6 Å². The van der Waals surface area contributed by atoms with Crippen molar-refractivity contribution in [1.82, 2.24) is 4.90 Å². The molecule has 1 aliphatic heterocycles. The zero-order valence-corrected chi connectivity index (χ0v) is 13.4. The predicted octanol–water partition coefficient (Wildman–Crippen LogP) is 4.57. The summed E-state index contributed by atoms with van der Waals surface area (Å²) in [5.74, 6) is 1.27. The van der Waals surface area contributed by atoms with Crippen LogP contribution in [-0.2, 0) is 0 Å². The summed E-state index contributed by atoms with van der Waals surface area (Å²) >= 11 is 6.26. The van der Waals surface area contributed by atoms with E-state index < -0.39 is 0 Å². The van der Waals surface area contributed by atoms with Gasteiger partial charge < -0.3 is 5.11 Å². The number of piperidine rings is 1. The van der Waals surface area contributed by atoms with Crippen LogP contribution in [0.25, 0.3) is 0 Å². The van der Waals surface area contributed by atoms with Crippen LogP contribution >= 0.6 is 11.6 Å². The largest absolute Gasteiger partial charge is 0.508 e. The lowest BCUT2D eigenvalue weighted by Gasteiger charge is -2.37. The summed E-state index contributed by atoms with van der Waals surface area (Å²) in [6.07, 6.45) is 2.45. The van der Waals surface area contributed by atoms with Gasteiger partial charge in [0.1, 0.15) is 5.75 Å². The highest BCUT2D eigenvalue weighted by Crippen LogP contribution is 2.54. The number of rotatable bonds is 1. The highest BCUT2D eigenvalue weighted by molar-refractivity contribution is 6.30. The van der Waals surface area contributed by atoms with Crippen molar-refractivity contribution in [2.75, 3.05) is 13.6 Å². The van der Waals surface area contributed by atoms with Crippen LogP contribution in [0.5, 0.6) is 5.75 Å². The zero-order valence-electron chi connectivity index (χ0n) is 12.7. The van der Waals surface area contributed by atoms with Crippen LogP contribution in [0.4, 0.5) is 0 Å². The molecule has 2 aromatic rings.